The van der Waals surface area contributed by atoms with Gasteiger partial charge >= 0.3 is 0 Å². The summed E-state index contributed by atoms with van der Waals surface area (Å²) >= 11 is 0. The van der Waals surface area contributed by atoms with Crippen LogP contribution in [-0.4, -0.2) is 43.4 Å². The standard InChI is InChI=1S/C8H14N2O3/c1-4(11)10-3-6-8-7(13-8)5(2-9)12-6/h5-8H,2-3,9H2,1H3,(H,10,11). The summed E-state index contributed by atoms with van der Waals surface area (Å²) in [6, 6.07) is 0. The molecule has 0 spiro atoms. The Balaban J connectivity index is 1.80. The fourth-order valence-electron chi connectivity index (χ4n) is 1.71. The third kappa shape index (κ3) is 1.67. The van der Waals surface area contributed by atoms with E-state index in [-0.39, 0.29) is 30.3 Å². The van der Waals surface area contributed by atoms with E-state index in [1.54, 1.807) is 0 Å². The molecular weight excluding hydrogens is 172 g/mol. The zero-order valence-corrected chi connectivity index (χ0v) is 7.53. The van der Waals surface area contributed by atoms with Crippen molar-refractivity contribution in [2.75, 3.05) is 13.1 Å². The van der Waals surface area contributed by atoms with Crippen LogP contribution >= 0.6 is 0 Å². The molecule has 13 heavy (non-hydrogen) atoms. The van der Waals surface area contributed by atoms with Crippen LogP contribution in [0.3, 0.4) is 0 Å². The highest BCUT2D eigenvalue weighted by Gasteiger charge is 2.57. The number of hydrogen-bond acceptors (Lipinski definition) is 4. The van der Waals surface area contributed by atoms with Crippen molar-refractivity contribution in [2.24, 2.45) is 5.73 Å². The lowest BCUT2D eigenvalue weighted by Gasteiger charge is -2.16. The van der Waals surface area contributed by atoms with Gasteiger partial charge in [-0.2, -0.15) is 0 Å². The quantitative estimate of drug-likeness (QED) is 0.532. The molecule has 0 aliphatic carbocycles. The number of epoxide rings is 1. The smallest absolute Gasteiger partial charge is 0.216 e. The van der Waals surface area contributed by atoms with Crippen molar-refractivity contribution < 1.29 is 14.3 Å². The van der Waals surface area contributed by atoms with Gasteiger partial charge in [0.2, 0.25) is 5.91 Å². The lowest BCUT2D eigenvalue weighted by atomic mass is 10.2. The third-order valence-electron chi connectivity index (χ3n) is 2.43. The summed E-state index contributed by atoms with van der Waals surface area (Å²) in [6.45, 7) is 2.49. The molecule has 4 atom stereocenters. The molecule has 5 nitrogen and oxygen atoms in total. The Morgan fingerprint density at radius 1 is 1.38 bits per heavy atom. The highest BCUT2D eigenvalue weighted by Crippen LogP contribution is 2.38. The first kappa shape index (κ1) is 8.93. The average Bonchev–Trinajstić information content (AvgIpc) is 2.80. The average molecular weight is 186 g/mol. The Morgan fingerprint density at radius 2 is 2.08 bits per heavy atom. The monoisotopic (exact) mass is 186 g/mol. The molecule has 2 rings (SSSR count). The normalized spacial score (nSPS) is 41.4. The maximum atomic E-state index is 10.6. The second kappa shape index (κ2) is 3.25. The van der Waals surface area contributed by atoms with Gasteiger partial charge in [-0.3, -0.25) is 4.79 Å². The Bertz CT molecular complexity index is 221. The number of ether oxygens (including phenoxy) is 2. The van der Waals surface area contributed by atoms with E-state index in [9.17, 15) is 4.79 Å². The van der Waals surface area contributed by atoms with Crippen LogP contribution in [0.4, 0.5) is 0 Å². The second-order valence-electron chi connectivity index (χ2n) is 3.45. The first-order valence-corrected chi connectivity index (χ1v) is 4.48. The Labute approximate surface area is 76.6 Å². The highest BCUT2D eigenvalue weighted by molar-refractivity contribution is 5.72. The maximum absolute atomic E-state index is 10.6. The molecule has 0 bridgehead atoms. The van der Waals surface area contributed by atoms with E-state index in [1.807, 2.05) is 0 Å². The van der Waals surface area contributed by atoms with E-state index in [2.05, 4.69) is 5.32 Å². The van der Waals surface area contributed by atoms with Crippen LogP contribution in [0, 0.1) is 0 Å². The predicted molar refractivity (Wildman–Crippen MR) is 45.1 cm³/mol. The van der Waals surface area contributed by atoms with Gasteiger partial charge in [0, 0.05) is 20.0 Å². The largest absolute Gasteiger partial charge is 0.366 e. The van der Waals surface area contributed by atoms with Gasteiger partial charge in [0.1, 0.15) is 18.3 Å². The van der Waals surface area contributed by atoms with E-state index in [0.717, 1.165) is 0 Å². The molecule has 0 aromatic carbocycles. The highest BCUT2D eigenvalue weighted by atomic mass is 16.7. The lowest BCUT2D eigenvalue weighted by Crippen LogP contribution is -2.35. The number of nitrogens with one attached hydrogen (secondary N) is 1. The molecule has 2 fully saturated rings. The second-order valence-corrected chi connectivity index (χ2v) is 3.45. The van der Waals surface area contributed by atoms with Crippen LogP contribution in [0.2, 0.25) is 0 Å². The SMILES string of the molecule is CC(=O)NCC1OC(CN)C2OC12. The van der Waals surface area contributed by atoms with Crippen molar-refractivity contribution in [3.05, 3.63) is 0 Å². The summed E-state index contributed by atoms with van der Waals surface area (Å²) in [4.78, 5) is 10.6. The van der Waals surface area contributed by atoms with Crippen molar-refractivity contribution in [1.82, 2.24) is 5.32 Å². The van der Waals surface area contributed by atoms with Crippen molar-refractivity contribution in [3.63, 3.8) is 0 Å². The molecule has 2 aliphatic heterocycles. The zero-order valence-electron chi connectivity index (χ0n) is 7.53. The lowest BCUT2D eigenvalue weighted by molar-refractivity contribution is -0.120. The zero-order chi connectivity index (χ0) is 9.42. The Morgan fingerprint density at radius 3 is 2.62 bits per heavy atom. The molecule has 2 saturated heterocycles. The molecular formula is C8H14N2O3. The van der Waals surface area contributed by atoms with Crippen LogP contribution in [0.5, 0.6) is 0 Å². The van der Waals surface area contributed by atoms with Gasteiger partial charge in [-0.05, 0) is 0 Å². The summed E-state index contributed by atoms with van der Waals surface area (Å²) in [5.74, 6) is -0.0444. The van der Waals surface area contributed by atoms with Crippen LogP contribution in [-0.2, 0) is 14.3 Å². The molecule has 5 heteroatoms. The van der Waals surface area contributed by atoms with E-state index in [0.29, 0.717) is 13.1 Å². The van der Waals surface area contributed by atoms with E-state index < -0.39 is 0 Å². The minimum Gasteiger partial charge on any atom is -0.366 e. The van der Waals surface area contributed by atoms with E-state index in [4.69, 9.17) is 15.2 Å². The number of nitrogens with two attached hydrogens (primary N) is 1. The maximum Gasteiger partial charge on any atom is 0.216 e. The molecule has 2 aliphatic rings. The first-order valence-electron chi connectivity index (χ1n) is 4.48. The molecule has 0 radical (unpaired) electrons. The summed E-state index contributed by atoms with van der Waals surface area (Å²) in [5, 5.41) is 2.70. The van der Waals surface area contributed by atoms with Crippen molar-refractivity contribution in [3.8, 4) is 0 Å². The van der Waals surface area contributed by atoms with Crippen molar-refractivity contribution >= 4 is 5.91 Å². The number of hydrogen-bond donors (Lipinski definition) is 2. The summed E-state index contributed by atoms with van der Waals surface area (Å²) in [5.41, 5.74) is 5.48. The van der Waals surface area contributed by atoms with Crippen molar-refractivity contribution in [1.29, 1.82) is 0 Å². The molecule has 3 N–H and O–H groups in total. The fourth-order valence-corrected chi connectivity index (χ4v) is 1.71. The summed E-state index contributed by atoms with van der Waals surface area (Å²) in [6.07, 6.45) is 0.329. The number of carbonyl (C=O) groups is 1. The fraction of sp³-hybridized carbons (Fsp3) is 0.875. The number of rotatable bonds is 3. The molecule has 0 aromatic heterocycles. The molecule has 1 amide bonds. The first-order chi connectivity index (χ1) is 6.22. The Hall–Kier alpha value is -0.650. The van der Waals surface area contributed by atoms with Gasteiger partial charge in [-0.15, -0.1) is 0 Å². The molecule has 2 heterocycles. The number of fused-ring (bicyclic) bond motifs is 1. The summed E-state index contributed by atoms with van der Waals surface area (Å²) < 4.78 is 10.9. The molecule has 74 valence electrons. The minimum absolute atomic E-state index is 0.0116. The number of carbonyl (C=O) groups excluding carboxylic acids is 1. The number of amides is 1. The van der Waals surface area contributed by atoms with Gasteiger partial charge in [-0.25, -0.2) is 0 Å². The van der Waals surface area contributed by atoms with E-state index >= 15 is 0 Å². The van der Waals surface area contributed by atoms with Crippen LogP contribution in [0.15, 0.2) is 0 Å². The van der Waals surface area contributed by atoms with Crippen LogP contribution in [0.25, 0.3) is 0 Å². The van der Waals surface area contributed by atoms with Crippen LogP contribution < -0.4 is 11.1 Å². The molecule has 4 unspecified atom stereocenters. The van der Waals surface area contributed by atoms with E-state index in [1.165, 1.54) is 6.92 Å². The topological polar surface area (TPSA) is 76.9 Å². The molecule has 0 aromatic rings. The van der Waals surface area contributed by atoms with Gasteiger partial charge in [0.05, 0.1) is 6.10 Å². The van der Waals surface area contributed by atoms with Crippen molar-refractivity contribution in [2.45, 2.75) is 31.3 Å². The minimum atomic E-state index is -0.0444. The molecule has 0 saturated carbocycles. The van der Waals surface area contributed by atoms with Gasteiger partial charge in [0.25, 0.3) is 0 Å². The third-order valence-corrected chi connectivity index (χ3v) is 2.43. The summed E-state index contributed by atoms with van der Waals surface area (Å²) in [7, 11) is 0. The Kier molecular flexibility index (Phi) is 2.23. The van der Waals surface area contributed by atoms with Gasteiger partial charge < -0.3 is 20.5 Å². The van der Waals surface area contributed by atoms with Crippen LogP contribution in [0.1, 0.15) is 6.92 Å². The van der Waals surface area contributed by atoms with Gasteiger partial charge in [0.15, 0.2) is 0 Å². The predicted octanol–water partition coefficient (Wildman–Crippen LogP) is -1.38. The van der Waals surface area contributed by atoms with Gasteiger partial charge in [-0.1, -0.05) is 0 Å².